The molecule has 51 heavy (non-hydrogen) atoms. The molecule has 0 aliphatic carbocycles. The van der Waals surface area contributed by atoms with Crippen LogP contribution in [0.5, 0.6) is 0 Å². The van der Waals surface area contributed by atoms with Gasteiger partial charge in [0.1, 0.15) is 17.5 Å². The van der Waals surface area contributed by atoms with Gasteiger partial charge in [0.05, 0.1) is 41.0 Å². The second kappa shape index (κ2) is 13.7. The Morgan fingerprint density at radius 1 is 1.04 bits per heavy atom. The summed E-state index contributed by atoms with van der Waals surface area (Å²) in [5, 5.41) is 11.0. The topological polar surface area (TPSA) is 149 Å². The van der Waals surface area contributed by atoms with Crippen molar-refractivity contribution in [1.82, 2.24) is 39.3 Å². The van der Waals surface area contributed by atoms with Crippen LogP contribution in [-0.2, 0) is 34.3 Å². The van der Waals surface area contributed by atoms with Crippen molar-refractivity contribution in [3.8, 4) is 11.8 Å². The maximum Gasteiger partial charge on any atom is 0.410 e. The average molecular weight is 694 g/mol. The molecule has 7 rings (SSSR count). The molecular weight excluding hydrogens is 650 g/mol. The van der Waals surface area contributed by atoms with Gasteiger partial charge in [-0.25, -0.2) is 19.3 Å². The molecule has 3 saturated heterocycles. The molecule has 3 aliphatic heterocycles. The molecule has 1 aromatic carbocycles. The lowest BCUT2D eigenvalue weighted by Crippen LogP contribution is -2.50. The Labute approximate surface area is 295 Å². The number of pyridine rings is 1. The molecule has 266 valence electrons. The lowest BCUT2D eigenvalue weighted by molar-refractivity contribution is -0.135. The quantitative estimate of drug-likeness (QED) is 0.167. The van der Waals surface area contributed by atoms with Crippen LogP contribution in [0.15, 0.2) is 47.4 Å². The highest BCUT2D eigenvalue weighted by atomic mass is 16.6. The van der Waals surface area contributed by atoms with E-state index < -0.39 is 17.6 Å². The van der Waals surface area contributed by atoms with Crippen molar-refractivity contribution < 1.29 is 19.1 Å². The minimum atomic E-state index is -0.711. The van der Waals surface area contributed by atoms with E-state index in [0.29, 0.717) is 37.0 Å². The van der Waals surface area contributed by atoms with Crippen LogP contribution in [0, 0.1) is 11.8 Å². The smallest absolute Gasteiger partial charge is 0.410 e. The highest BCUT2D eigenvalue weighted by Crippen LogP contribution is 2.35. The number of unbranched alkanes of at least 4 members (excludes halogenated alkanes) is 2. The summed E-state index contributed by atoms with van der Waals surface area (Å²) < 4.78 is 10.4. The van der Waals surface area contributed by atoms with Gasteiger partial charge < -0.3 is 14.5 Å². The zero-order chi connectivity index (χ0) is 35.9. The van der Waals surface area contributed by atoms with Crippen LogP contribution in [0.3, 0.4) is 0 Å². The van der Waals surface area contributed by atoms with Crippen molar-refractivity contribution >= 4 is 34.8 Å². The Balaban J connectivity index is 0.886. The monoisotopic (exact) mass is 693 g/mol. The first-order valence-corrected chi connectivity index (χ1v) is 17.6. The van der Waals surface area contributed by atoms with Crippen LogP contribution in [0.25, 0.3) is 11.0 Å². The number of hydrogen-bond donors (Lipinski definition) is 1. The first-order valence-electron chi connectivity index (χ1n) is 17.6. The third kappa shape index (κ3) is 7.24. The van der Waals surface area contributed by atoms with Gasteiger partial charge in [0, 0.05) is 44.7 Å². The number of carbonyl (C=O) groups is 3. The highest BCUT2D eigenvalue weighted by molar-refractivity contribution is 6.00. The minimum Gasteiger partial charge on any atom is -0.444 e. The fourth-order valence-corrected chi connectivity index (χ4v) is 7.26. The molecule has 0 spiro atoms. The number of nitrogens with one attached hydrogen (secondary N) is 1. The van der Waals surface area contributed by atoms with Crippen LogP contribution in [-0.4, -0.2) is 82.7 Å². The third-order valence-corrected chi connectivity index (χ3v) is 9.69. The van der Waals surface area contributed by atoms with Gasteiger partial charge in [0.15, 0.2) is 0 Å². The van der Waals surface area contributed by atoms with Gasteiger partial charge in [0.2, 0.25) is 11.8 Å². The molecule has 0 radical (unpaired) electrons. The Morgan fingerprint density at radius 3 is 2.65 bits per heavy atom. The van der Waals surface area contributed by atoms with Crippen molar-refractivity contribution in [3.05, 3.63) is 70.0 Å². The highest BCUT2D eigenvalue weighted by Gasteiger charge is 2.47. The number of aromatic nitrogens is 6. The van der Waals surface area contributed by atoms with Crippen molar-refractivity contribution in [1.29, 1.82) is 0 Å². The number of likely N-dealkylation sites (tertiary alicyclic amines) is 1. The largest absolute Gasteiger partial charge is 0.444 e. The Kier molecular flexibility index (Phi) is 9.13. The molecule has 0 saturated carbocycles. The van der Waals surface area contributed by atoms with Gasteiger partial charge >= 0.3 is 11.8 Å². The van der Waals surface area contributed by atoms with Gasteiger partial charge in [-0.3, -0.25) is 24.0 Å². The van der Waals surface area contributed by atoms with E-state index in [0.717, 1.165) is 55.0 Å². The Morgan fingerprint density at radius 2 is 1.88 bits per heavy atom. The molecule has 2 bridgehead atoms. The number of nitrogens with zero attached hydrogens (tertiary/aromatic N) is 8. The third-order valence-electron chi connectivity index (χ3n) is 9.69. The van der Waals surface area contributed by atoms with E-state index in [-0.39, 0.29) is 36.2 Å². The lowest BCUT2D eigenvalue weighted by atomic mass is 10.1. The maximum atomic E-state index is 13.0. The number of carbonyl (C=O) groups excluding carboxylic acids is 3. The number of amides is 3. The first-order chi connectivity index (χ1) is 24.4. The molecule has 3 aromatic heterocycles. The zero-order valence-corrected chi connectivity index (χ0v) is 29.5. The molecule has 1 N–H and O–H groups in total. The van der Waals surface area contributed by atoms with E-state index in [1.807, 2.05) is 72.9 Å². The summed E-state index contributed by atoms with van der Waals surface area (Å²) in [4.78, 5) is 58.8. The van der Waals surface area contributed by atoms with Crippen LogP contribution in [0.4, 0.5) is 10.6 Å². The van der Waals surface area contributed by atoms with E-state index in [1.165, 1.54) is 9.13 Å². The Hall–Kier alpha value is -5.45. The predicted octanol–water partition coefficient (Wildman–Crippen LogP) is 3.32. The van der Waals surface area contributed by atoms with Crippen molar-refractivity contribution in [3.63, 3.8) is 0 Å². The SMILES string of the molecule is Cn1c(=O)n([C@@H]2CCC(=O)NC2=O)c2ccc(C#CCCCCc3cn(Cc4cccc(N5C[C@H]6C[C@@H]5CN6C(=O)OC(C)(C)C)n4)nn3)cc21. The summed E-state index contributed by atoms with van der Waals surface area (Å²) in [7, 11) is 1.68. The second-order valence-corrected chi connectivity index (χ2v) is 14.6. The molecule has 3 amide bonds. The van der Waals surface area contributed by atoms with Crippen LogP contribution >= 0.6 is 0 Å². The number of aryl methyl sites for hydroxylation is 2. The average Bonchev–Trinajstić information content (AvgIpc) is 3.87. The van der Waals surface area contributed by atoms with Gasteiger partial charge in [0.25, 0.3) is 0 Å². The first kappa shape index (κ1) is 34.0. The second-order valence-electron chi connectivity index (χ2n) is 14.6. The summed E-state index contributed by atoms with van der Waals surface area (Å²) >= 11 is 0. The van der Waals surface area contributed by atoms with Crippen LogP contribution in [0.1, 0.15) is 82.3 Å². The number of fused-ring (bicyclic) bond motifs is 3. The molecule has 14 heteroatoms. The lowest BCUT2D eigenvalue weighted by Gasteiger charge is -2.35. The van der Waals surface area contributed by atoms with E-state index in [2.05, 4.69) is 32.4 Å². The summed E-state index contributed by atoms with van der Waals surface area (Å²) in [5.41, 5.74) is 3.14. The van der Waals surface area contributed by atoms with Gasteiger partial charge in [-0.05, 0) is 83.2 Å². The predicted molar refractivity (Wildman–Crippen MR) is 189 cm³/mol. The van der Waals surface area contributed by atoms with E-state index in [4.69, 9.17) is 9.72 Å². The van der Waals surface area contributed by atoms with E-state index >= 15 is 0 Å². The number of piperidine rings is 1. The molecule has 6 heterocycles. The summed E-state index contributed by atoms with van der Waals surface area (Å²) in [6.45, 7) is 7.58. The number of ether oxygens (including phenoxy) is 1. The van der Waals surface area contributed by atoms with Crippen LogP contribution < -0.4 is 15.9 Å². The normalized spacial score (nSPS) is 20.1. The zero-order valence-electron chi connectivity index (χ0n) is 29.5. The molecule has 0 unspecified atom stereocenters. The van der Waals surface area contributed by atoms with E-state index in [9.17, 15) is 19.2 Å². The van der Waals surface area contributed by atoms with Crippen LogP contribution in [0.2, 0.25) is 0 Å². The number of piperazine rings is 1. The molecule has 3 aliphatic rings. The standard InChI is InChI=1S/C37H43N9O5/c1-37(2,3)51-36(50)45-23-27-19-28(45)22-44(27)32-13-9-12-25(38-32)20-43-21-26(40-41-43)11-8-6-5-7-10-24-14-15-29-31(18-24)42(4)35(49)46(29)30-16-17-33(47)39-34(30)48/h9,12-15,18,21,27-28,30H,5-6,8,11,16-17,19-20,22-23H2,1-4H3,(H,39,47,48)/t27-,28-,30-/m1/s1. The number of imidazole rings is 1. The number of hydrogen-bond acceptors (Lipinski definition) is 9. The number of imide groups is 1. The fourth-order valence-electron chi connectivity index (χ4n) is 7.26. The van der Waals surface area contributed by atoms with Gasteiger partial charge in [-0.2, -0.15) is 0 Å². The molecule has 3 atom stereocenters. The summed E-state index contributed by atoms with van der Waals surface area (Å²) in [6, 6.07) is 11.2. The van der Waals surface area contributed by atoms with Gasteiger partial charge in [-0.15, -0.1) is 5.10 Å². The summed E-state index contributed by atoms with van der Waals surface area (Å²) in [6.07, 6.45) is 6.48. The number of benzene rings is 1. The fraction of sp³-hybridized carbons (Fsp3) is 0.486. The minimum absolute atomic E-state index is 0.132. The number of anilines is 1. The molecular formula is C37H43N9O5. The van der Waals surface area contributed by atoms with Crippen molar-refractivity contribution in [2.24, 2.45) is 7.05 Å². The van der Waals surface area contributed by atoms with Gasteiger partial charge in [-0.1, -0.05) is 23.1 Å². The molecule has 4 aromatic rings. The van der Waals surface area contributed by atoms with Crippen molar-refractivity contribution in [2.75, 3.05) is 18.0 Å². The summed E-state index contributed by atoms with van der Waals surface area (Å²) in [5.74, 6) is 6.59. The number of rotatable bonds is 8. The van der Waals surface area contributed by atoms with Crippen molar-refractivity contribution in [2.45, 2.75) is 96.0 Å². The Bertz CT molecular complexity index is 2110. The maximum absolute atomic E-state index is 13.0. The molecule has 14 nitrogen and oxygen atoms in total. The molecule has 3 fully saturated rings. The van der Waals surface area contributed by atoms with E-state index in [1.54, 1.807) is 7.05 Å².